The van der Waals surface area contributed by atoms with Crippen LogP contribution in [0.15, 0.2) is 18.2 Å². The number of likely N-dealkylation sites (tertiary alicyclic amines) is 2. The first-order chi connectivity index (χ1) is 21.6. The van der Waals surface area contributed by atoms with E-state index in [1.54, 1.807) is 0 Å². The molecule has 1 aromatic carbocycles. The monoisotopic (exact) mass is 669 g/mol. The summed E-state index contributed by atoms with van der Waals surface area (Å²) in [4.78, 5) is 34.2. The molecule has 0 amide bonds. The zero-order chi connectivity index (χ0) is 36.8. The van der Waals surface area contributed by atoms with E-state index in [9.17, 15) is 9.59 Å². The van der Waals surface area contributed by atoms with E-state index in [0.717, 1.165) is 18.4 Å². The fraction of sp³-hybridized carbons (Fsp3) is 0.810. The molecular weight excluding hydrogens is 596 g/mol. The van der Waals surface area contributed by atoms with Crippen molar-refractivity contribution in [1.29, 1.82) is 0 Å². The Hall–Kier alpha value is -1.92. The Balaban J connectivity index is 2.15. The predicted octanol–water partition coefficient (Wildman–Crippen LogP) is 9.56. The van der Waals surface area contributed by atoms with E-state index < -0.39 is 17.9 Å². The van der Waals surface area contributed by atoms with Crippen LogP contribution in [-0.2, 0) is 29.9 Å². The molecule has 0 radical (unpaired) electrons. The molecule has 2 fully saturated rings. The second-order valence-corrected chi connectivity index (χ2v) is 19.9. The molecule has 2 heterocycles. The molecule has 6 nitrogen and oxygen atoms in total. The number of hydrogen-bond donors (Lipinski definition) is 0. The fourth-order valence-electron chi connectivity index (χ4n) is 8.31. The van der Waals surface area contributed by atoms with Crippen LogP contribution in [0.4, 0.5) is 0 Å². The molecule has 2 aliphatic rings. The van der Waals surface area contributed by atoms with Crippen molar-refractivity contribution < 1.29 is 19.1 Å². The molecule has 0 aromatic heterocycles. The minimum atomic E-state index is -1.05. The Morgan fingerprint density at radius 2 is 1.02 bits per heavy atom. The van der Waals surface area contributed by atoms with E-state index in [-0.39, 0.29) is 51.1 Å². The fourth-order valence-corrected chi connectivity index (χ4v) is 8.31. The smallest absolute Gasteiger partial charge is 0.321 e. The molecule has 0 bridgehead atoms. The highest BCUT2D eigenvalue weighted by Crippen LogP contribution is 2.43. The van der Waals surface area contributed by atoms with Crippen molar-refractivity contribution in [2.24, 2.45) is 5.92 Å². The third kappa shape index (κ3) is 9.24. The van der Waals surface area contributed by atoms with Crippen molar-refractivity contribution in [1.82, 2.24) is 9.80 Å². The molecule has 48 heavy (non-hydrogen) atoms. The summed E-state index contributed by atoms with van der Waals surface area (Å²) in [7, 11) is 4.30. The summed E-state index contributed by atoms with van der Waals surface area (Å²) in [5.41, 5.74) is 2.64. The quantitative estimate of drug-likeness (QED) is 0.193. The zero-order valence-corrected chi connectivity index (χ0v) is 34.0. The molecular formula is C42H72N2O4. The number of esters is 2. The second-order valence-electron chi connectivity index (χ2n) is 19.9. The molecule has 1 atom stereocenters. The molecule has 3 rings (SSSR count). The van der Waals surface area contributed by atoms with Gasteiger partial charge in [-0.25, -0.2) is 0 Å². The van der Waals surface area contributed by atoms with Gasteiger partial charge in [0.25, 0.3) is 0 Å². The molecule has 2 saturated heterocycles. The lowest BCUT2D eigenvalue weighted by atomic mass is 9.74. The number of unbranched alkanes of at least 4 members (excludes halogenated alkanes) is 1. The van der Waals surface area contributed by atoms with Gasteiger partial charge in [0.05, 0.1) is 0 Å². The van der Waals surface area contributed by atoms with Gasteiger partial charge >= 0.3 is 11.9 Å². The number of piperidine rings is 2. The van der Waals surface area contributed by atoms with Gasteiger partial charge in [-0.15, -0.1) is 0 Å². The minimum Gasteiger partial charge on any atom is -0.462 e. The predicted molar refractivity (Wildman–Crippen MR) is 200 cm³/mol. The van der Waals surface area contributed by atoms with Gasteiger partial charge in [-0.3, -0.25) is 19.4 Å². The lowest BCUT2D eigenvalue weighted by Crippen LogP contribution is -2.61. The van der Waals surface area contributed by atoms with E-state index in [0.29, 0.717) is 32.1 Å². The SMILES string of the molecule is CCCCC(c1cc(C(C)(C)C)cc(C(C)(C)C)c1)C(C(=O)OC1CC(C)(C)N(C)C(C)(C)C1)C(=O)OC1CC(C)(C)N(C)C(C)(C)C1. The number of benzene rings is 1. The lowest BCUT2D eigenvalue weighted by molar-refractivity contribution is -0.178. The van der Waals surface area contributed by atoms with Crippen LogP contribution in [0.2, 0.25) is 0 Å². The van der Waals surface area contributed by atoms with Crippen molar-refractivity contribution in [2.75, 3.05) is 14.1 Å². The number of hydrogen-bond acceptors (Lipinski definition) is 6. The third-order valence-electron chi connectivity index (χ3n) is 12.0. The number of ether oxygens (including phenoxy) is 2. The van der Waals surface area contributed by atoms with Crippen LogP contribution in [0.1, 0.15) is 171 Å². The molecule has 0 N–H and O–H groups in total. The Morgan fingerprint density at radius 3 is 1.31 bits per heavy atom. The van der Waals surface area contributed by atoms with Crippen LogP contribution in [0.25, 0.3) is 0 Å². The summed E-state index contributed by atoms with van der Waals surface area (Å²) >= 11 is 0. The highest BCUT2D eigenvalue weighted by Gasteiger charge is 2.49. The van der Waals surface area contributed by atoms with Crippen LogP contribution >= 0.6 is 0 Å². The maximum absolute atomic E-state index is 14.7. The van der Waals surface area contributed by atoms with Crippen molar-refractivity contribution in [3.05, 3.63) is 34.9 Å². The average molecular weight is 669 g/mol. The maximum Gasteiger partial charge on any atom is 0.321 e. The van der Waals surface area contributed by atoms with Gasteiger partial charge in [-0.2, -0.15) is 0 Å². The molecule has 0 spiro atoms. The van der Waals surface area contributed by atoms with Crippen LogP contribution in [0.5, 0.6) is 0 Å². The van der Waals surface area contributed by atoms with Crippen molar-refractivity contribution in [2.45, 2.75) is 200 Å². The van der Waals surface area contributed by atoms with Gasteiger partial charge in [0.15, 0.2) is 5.92 Å². The van der Waals surface area contributed by atoms with Crippen molar-refractivity contribution in [3.63, 3.8) is 0 Å². The van der Waals surface area contributed by atoms with E-state index in [2.05, 4.69) is 146 Å². The first kappa shape index (κ1) is 40.5. The Morgan fingerprint density at radius 1 is 0.688 bits per heavy atom. The van der Waals surface area contributed by atoms with E-state index in [1.807, 2.05) is 0 Å². The molecule has 2 aliphatic heterocycles. The first-order valence-corrected chi connectivity index (χ1v) is 18.7. The second kappa shape index (κ2) is 14.0. The standard InChI is InChI=1S/C42H72N2O4/c1-18-19-20-33(28-21-29(37(2,3)4)23-30(22-28)38(5,6)7)34(35(45)47-31-24-39(8,9)43(16)40(10,11)25-31)36(46)48-32-26-41(12,13)44(17)42(14,15)27-32/h21-23,31-34H,18-20,24-27H2,1-17H3. The molecule has 0 aliphatic carbocycles. The van der Waals surface area contributed by atoms with Gasteiger partial charge in [0.2, 0.25) is 0 Å². The van der Waals surface area contributed by atoms with Gasteiger partial charge in [-0.05, 0) is 103 Å². The molecule has 274 valence electrons. The van der Waals surface area contributed by atoms with E-state index in [1.165, 1.54) is 11.1 Å². The van der Waals surface area contributed by atoms with Crippen LogP contribution < -0.4 is 0 Å². The number of rotatable bonds is 9. The van der Waals surface area contributed by atoms with E-state index >= 15 is 0 Å². The molecule has 0 saturated carbocycles. The maximum atomic E-state index is 14.7. The summed E-state index contributed by atoms with van der Waals surface area (Å²) in [6, 6.07) is 6.79. The van der Waals surface area contributed by atoms with E-state index in [4.69, 9.17) is 9.47 Å². The average Bonchev–Trinajstić information content (AvgIpc) is 2.90. The van der Waals surface area contributed by atoms with Gasteiger partial charge in [-0.1, -0.05) is 79.5 Å². The highest BCUT2D eigenvalue weighted by atomic mass is 16.6. The van der Waals surface area contributed by atoms with Gasteiger partial charge in [0, 0.05) is 53.8 Å². The summed E-state index contributed by atoms with van der Waals surface area (Å²) in [5, 5.41) is 0. The Kier molecular flexibility index (Phi) is 11.8. The van der Waals surface area contributed by atoms with Crippen molar-refractivity contribution >= 4 is 11.9 Å². The van der Waals surface area contributed by atoms with Gasteiger partial charge in [0.1, 0.15) is 12.2 Å². The summed E-state index contributed by atoms with van der Waals surface area (Å²) < 4.78 is 13.0. The van der Waals surface area contributed by atoms with Crippen LogP contribution in [0.3, 0.4) is 0 Å². The Bertz CT molecular complexity index is 1170. The minimum absolute atomic E-state index is 0.0988. The van der Waals surface area contributed by atoms with Crippen LogP contribution in [0, 0.1) is 5.92 Å². The summed E-state index contributed by atoms with van der Waals surface area (Å²) in [6.07, 6.45) is 4.85. The summed E-state index contributed by atoms with van der Waals surface area (Å²) in [6.45, 7) is 33.2. The Labute approximate surface area is 295 Å². The lowest BCUT2D eigenvalue weighted by Gasteiger charge is -2.53. The normalized spacial score (nSPS) is 22.8. The highest BCUT2D eigenvalue weighted by molar-refractivity contribution is 5.96. The molecule has 1 unspecified atom stereocenters. The topological polar surface area (TPSA) is 59.1 Å². The molecule has 6 heteroatoms. The summed E-state index contributed by atoms with van der Waals surface area (Å²) in [5.74, 6) is -2.27. The first-order valence-electron chi connectivity index (χ1n) is 18.7. The van der Waals surface area contributed by atoms with Crippen LogP contribution in [-0.4, -0.2) is 70.2 Å². The number of nitrogens with zero attached hydrogens (tertiary/aromatic N) is 2. The largest absolute Gasteiger partial charge is 0.462 e. The third-order valence-corrected chi connectivity index (χ3v) is 12.0. The van der Waals surface area contributed by atoms with Gasteiger partial charge < -0.3 is 9.47 Å². The number of carbonyl (C=O) groups is 2. The number of carbonyl (C=O) groups excluding carboxylic acids is 2. The van der Waals surface area contributed by atoms with Crippen molar-refractivity contribution in [3.8, 4) is 0 Å². The molecule has 1 aromatic rings. The zero-order valence-electron chi connectivity index (χ0n) is 34.0.